The van der Waals surface area contributed by atoms with Crippen molar-refractivity contribution in [2.75, 3.05) is 24.9 Å². The van der Waals surface area contributed by atoms with Crippen molar-refractivity contribution in [3.05, 3.63) is 77.9 Å². The molecule has 1 amide bonds. The van der Waals surface area contributed by atoms with Crippen molar-refractivity contribution in [3.8, 4) is 16.9 Å². The first-order valence-electron chi connectivity index (χ1n) is 11.7. The summed E-state index contributed by atoms with van der Waals surface area (Å²) >= 11 is 5.44. The molecule has 8 heteroatoms. The Balaban J connectivity index is 1.47. The maximum absolute atomic E-state index is 13.2. The fourth-order valence-corrected chi connectivity index (χ4v) is 4.61. The van der Waals surface area contributed by atoms with Gasteiger partial charge in [-0.1, -0.05) is 50.2 Å². The molecule has 1 atom stereocenters. The van der Waals surface area contributed by atoms with Crippen LogP contribution in [0.5, 0.6) is 5.75 Å². The predicted octanol–water partition coefficient (Wildman–Crippen LogP) is 5.32. The maximum Gasteiger partial charge on any atom is 0.328 e. The second-order valence-electron chi connectivity index (χ2n) is 8.87. The molecule has 4 rings (SSSR count). The Bertz CT molecular complexity index is 1290. The van der Waals surface area contributed by atoms with Gasteiger partial charge in [0, 0.05) is 17.8 Å². The van der Waals surface area contributed by atoms with E-state index < -0.39 is 12.0 Å². The van der Waals surface area contributed by atoms with Crippen LogP contribution in [0.4, 0.5) is 11.4 Å². The number of amides is 1. The van der Waals surface area contributed by atoms with Gasteiger partial charge in [-0.25, -0.2) is 4.79 Å². The molecular formula is C28H29N3O4S. The number of anilines is 2. The number of esters is 1. The molecule has 0 fully saturated rings. The van der Waals surface area contributed by atoms with Crippen LogP contribution in [-0.4, -0.2) is 42.2 Å². The Morgan fingerprint density at radius 2 is 1.67 bits per heavy atom. The number of ether oxygens (including phenoxy) is 2. The Labute approximate surface area is 216 Å². The summed E-state index contributed by atoms with van der Waals surface area (Å²) in [5, 5.41) is 6.76. The van der Waals surface area contributed by atoms with E-state index in [0.717, 1.165) is 28.1 Å². The van der Waals surface area contributed by atoms with Gasteiger partial charge in [0.1, 0.15) is 11.8 Å². The minimum Gasteiger partial charge on any atom is -0.495 e. The number of rotatable bonds is 7. The second kappa shape index (κ2) is 10.8. The van der Waals surface area contributed by atoms with Crippen molar-refractivity contribution < 1.29 is 19.1 Å². The number of benzene rings is 3. The molecule has 0 saturated carbocycles. The zero-order valence-corrected chi connectivity index (χ0v) is 21.5. The summed E-state index contributed by atoms with van der Waals surface area (Å²) in [5.74, 6) is 0.0985. The van der Waals surface area contributed by atoms with Crippen LogP contribution in [0.15, 0.2) is 66.7 Å². The average molecular weight is 504 g/mol. The lowest BCUT2D eigenvalue weighted by Gasteiger charge is -2.28. The first-order valence-corrected chi connectivity index (χ1v) is 12.1. The van der Waals surface area contributed by atoms with E-state index in [1.165, 1.54) is 7.11 Å². The van der Waals surface area contributed by atoms with Gasteiger partial charge in [0.15, 0.2) is 5.11 Å². The number of carbonyl (C=O) groups excluding carboxylic acids is 2. The Kier molecular flexibility index (Phi) is 7.55. The molecular weight excluding hydrogens is 474 g/mol. The van der Waals surface area contributed by atoms with E-state index in [2.05, 4.69) is 10.6 Å². The number of nitrogens with zero attached hydrogens (tertiary/aromatic N) is 1. The minimum atomic E-state index is -0.614. The molecule has 0 bridgehead atoms. The van der Waals surface area contributed by atoms with Crippen LogP contribution >= 0.6 is 12.2 Å². The molecule has 1 heterocycles. The van der Waals surface area contributed by atoms with Gasteiger partial charge >= 0.3 is 5.97 Å². The summed E-state index contributed by atoms with van der Waals surface area (Å²) in [6.45, 7) is 4.22. The molecule has 0 saturated heterocycles. The number of para-hydroxylation sites is 2. The Hall–Kier alpha value is -3.91. The first kappa shape index (κ1) is 25.2. The van der Waals surface area contributed by atoms with E-state index in [-0.39, 0.29) is 11.8 Å². The maximum atomic E-state index is 13.2. The largest absolute Gasteiger partial charge is 0.495 e. The highest BCUT2D eigenvalue weighted by atomic mass is 32.1. The van der Waals surface area contributed by atoms with Crippen LogP contribution in [0.1, 0.15) is 29.8 Å². The minimum absolute atomic E-state index is 0.0567. The van der Waals surface area contributed by atoms with E-state index in [1.54, 1.807) is 12.0 Å². The molecule has 0 aliphatic carbocycles. The molecule has 1 aliphatic heterocycles. The monoisotopic (exact) mass is 503 g/mol. The molecule has 186 valence electrons. The van der Waals surface area contributed by atoms with Gasteiger partial charge < -0.3 is 25.0 Å². The average Bonchev–Trinajstić information content (AvgIpc) is 3.19. The number of hydrogen-bond acceptors (Lipinski definition) is 5. The summed E-state index contributed by atoms with van der Waals surface area (Å²) in [6.07, 6.45) is 0. The van der Waals surface area contributed by atoms with E-state index in [1.807, 2.05) is 80.6 Å². The van der Waals surface area contributed by atoms with Gasteiger partial charge in [0.05, 0.1) is 19.9 Å². The summed E-state index contributed by atoms with van der Waals surface area (Å²) in [5.41, 5.74) is 5.01. The number of hydrogen-bond donors (Lipinski definition) is 2. The fraction of sp³-hybridized carbons (Fsp3) is 0.250. The second-order valence-corrected chi connectivity index (χ2v) is 9.28. The van der Waals surface area contributed by atoms with Gasteiger partial charge in [-0.05, 0) is 65.2 Å². The third kappa shape index (κ3) is 5.18. The molecule has 0 aromatic heterocycles. The highest BCUT2D eigenvalue weighted by Gasteiger charge is 2.38. The van der Waals surface area contributed by atoms with E-state index >= 15 is 0 Å². The van der Waals surface area contributed by atoms with Crippen molar-refractivity contribution in [1.29, 1.82) is 0 Å². The smallest absolute Gasteiger partial charge is 0.328 e. The van der Waals surface area contributed by atoms with E-state index in [9.17, 15) is 9.59 Å². The third-order valence-electron chi connectivity index (χ3n) is 6.18. The van der Waals surface area contributed by atoms with E-state index in [4.69, 9.17) is 21.7 Å². The number of thiocarbonyl (C=S) groups is 1. The van der Waals surface area contributed by atoms with Gasteiger partial charge in [-0.15, -0.1) is 0 Å². The van der Waals surface area contributed by atoms with Gasteiger partial charge in [-0.3, -0.25) is 4.79 Å². The lowest BCUT2D eigenvalue weighted by Crippen LogP contribution is -2.45. The van der Waals surface area contributed by atoms with Crippen LogP contribution in [0.3, 0.4) is 0 Å². The van der Waals surface area contributed by atoms with Crippen molar-refractivity contribution in [2.45, 2.75) is 26.4 Å². The first-order chi connectivity index (χ1) is 17.3. The van der Waals surface area contributed by atoms with Crippen molar-refractivity contribution in [2.24, 2.45) is 5.92 Å². The van der Waals surface area contributed by atoms with Crippen LogP contribution in [-0.2, 0) is 16.1 Å². The van der Waals surface area contributed by atoms with Crippen LogP contribution < -0.4 is 15.4 Å². The van der Waals surface area contributed by atoms with Gasteiger partial charge in [0.2, 0.25) is 0 Å². The van der Waals surface area contributed by atoms with Gasteiger partial charge in [0.25, 0.3) is 5.91 Å². The molecule has 36 heavy (non-hydrogen) atoms. The van der Waals surface area contributed by atoms with Crippen molar-refractivity contribution in [3.63, 3.8) is 0 Å². The quantitative estimate of drug-likeness (QED) is 0.333. The molecule has 2 N–H and O–H groups in total. The van der Waals surface area contributed by atoms with Crippen LogP contribution in [0.2, 0.25) is 0 Å². The van der Waals surface area contributed by atoms with Gasteiger partial charge in [-0.2, -0.15) is 0 Å². The predicted molar refractivity (Wildman–Crippen MR) is 145 cm³/mol. The normalized spacial score (nSPS) is 13.2. The number of carbonyl (C=O) groups is 2. The molecule has 3 aromatic carbocycles. The summed E-state index contributed by atoms with van der Waals surface area (Å²) in [6, 6.07) is 20.6. The Morgan fingerprint density at radius 3 is 2.33 bits per heavy atom. The molecule has 0 radical (unpaired) electrons. The molecule has 0 spiro atoms. The fourth-order valence-electron chi connectivity index (χ4n) is 4.39. The number of nitrogens with one attached hydrogen (secondary N) is 2. The third-order valence-corrected chi connectivity index (χ3v) is 6.39. The summed E-state index contributed by atoms with van der Waals surface area (Å²) in [7, 11) is 2.96. The Morgan fingerprint density at radius 1 is 0.972 bits per heavy atom. The van der Waals surface area contributed by atoms with Crippen molar-refractivity contribution in [1.82, 2.24) is 4.90 Å². The number of fused-ring (bicyclic) bond motifs is 1. The summed E-state index contributed by atoms with van der Waals surface area (Å²) < 4.78 is 10.3. The standard InChI is InChI=1S/C28H29N3O4S/c1-17(2)25(27(33)35-4)31-16-20-10-9-19(15-22(20)26(31)32)18-11-13-21(14-12-18)29-28(36)30-23-7-5-6-8-24(23)34-3/h5-15,17,25H,16H2,1-4H3,(H2,29,30,36). The molecule has 3 aromatic rings. The van der Waals surface area contributed by atoms with Crippen LogP contribution in [0.25, 0.3) is 11.1 Å². The van der Waals surface area contributed by atoms with Crippen LogP contribution in [0, 0.1) is 5.92 Å². The molecule has 7 nitrogen and oxygen atoms in total. The zero-order valence-electron chi connectivity index (χ0n) is 20.7. The molecule has 1 aliphatic rings. The topological polar surface area (TPSA) is 79.9 Å². The lowest BCUT2D eigenvalue weighted by molar-refractivity contribution is -0.147. The number of methoxy groups -OCH3 is 2. The van der Waals surface area contributed by atoms with Crippen molar-refractivity contribution >= 4 is 40.6 Å². The zero-order chi connectivity index (χ0) is 25.8. The highest BCUT2D eigenvalue weighted by Crippen LogP contribution is 2.32. The highest BCUT2D eigenvalue weighted by molar-refractivity contribution is 7.80. The summed E-state index contributed by atoms with van der Waals surface area (Å²) in [4.78, 5) is 27.1. The lowest BCUT2D eigenvalue weighted by atomic mass is 10.00. The molecule has 1 unspecified atom stereocenters. The van der Waals surface area contributed by atoms with E-state index in [0.29, 0.717) is 23.0 Å². The SMILES string of the molecule is COC(=O)C(C(C)C)N1Cc2ccc(-c3ccc(NC(=S)Nc4ccccc4OC)cc3)cc2C1=O.